The highest BCUT2D eigenvalue weighted by atomic mass is 16.2. The topological polar surface area (TPSA) is 20.3 Å². The molecule has 1 atom stereocenters. The third-order valence-electron chi connectivity index (χ3n) is 4.34. The molecule has 1 saturated heterocycles. The van der Waals surface area contributed by atoms with Crippen molar-refractivity contribution in [3.63, 3.8) is 0 Å². The zero-order valence-corrected chi connectivity index (χ0v) is 11.5. The largest absolute Gasteiger partial charge is 0.342 e. The fourth-order valence-electron chi connectivity index (χ4n) is 2.88. The molecule has 0 saturated carbocycles. The molecule has 0 bridgehead atoms. The van der Waals surface area contributed by atoms with Crippen molar-refractivity contribution in [2.45, 2.75) is 53.9 Å². The van der Waals surface area contributed by atoms with Gasteiger partial charge in [-0.1, -0.05) is 34.6 Å². The van der Waals surface area contributed by atoms with Gasteiger partial charge in [-0.2, -0.15) is 0 Å². The summed E-state index contributed by atoms with van der Waals surface area (Å²) in [6.45, 7) is 12.8. The van der Waals surface area contributed by atoms with Crippen molar-refractivity contribution < 1.29 is 4.79 Å². The minimum atomic E-state index is 0.139. The summed E-state index contributed by atoms with van der Waals surface area (Å²) in [4.78, 5) is 14.1. The Labute approximate surface area is 100 Å². The first-order valence-electron chi connectivity index (χ1n) is 6.71. The van der Waals surface area contributed by atoms with Crippen LogP contribution < -0.4 is 0 Å². The first kappa shape index (κ1) is 13.5. The summed E-state index contributed by atoms with van der Waals surface area (Å²) in [5.41, 5.74) is 0.364. The summed E-state index contributed by atoms with van der Waals surface area (Å²) in [6, 6.07) is 0. The standard InChI is InChI=1S/C14H27NO/c1-6-14(12(4)5)8-7-9-15(10-14)13(16)11(2)3/h11-12H,6-10H2,1-5H3/t14-/m0/s1. The summed E-state index contributed by atoms with van der Waals surface area (Å²) >= 11 is 0. The van der Waals surface area contributed by atoms with Crippen molar-refractivity contribution in [1.29, 1.82) is 0 Å². The number of hydrogen-bond acceptors (Lipinski definition) is 1. The first-order chi connectivity index (χ1) is 7.43. The molecule has 2 nitrogen and oxygen atoms in total. The van der Waals surface area contributed by atoms with Gasteiger partial charge in [0.25, 0.3) is 0 Å². The Balaban J connectivity index is 2.76. The molecule has 0 aliphatic carbocycles. The Morgan fingerprint density at radius 3 is 2.38 bits per heavy atom. The molecule has 0 N–H and O–H groups in total. The van der Waals surface area contributed by atoms with Gasteiger partial charge in [0.05, 0.1) is 0 Å². The van der Waals surface area contributed by atoms with Crippen molar-refractivity contribution in [1.82, 2.24) is 4.90 Å². The van der Waals surface area contributed by atoms with Gasteiger partial charge in [-0.25, -0.2) is 0 Å². The predicted molar refractivity (Wildman–Crippen MR) is 68.2 cm³/mol. The van der Waals surface area contributed by atoms with Gasteiger partial charge in [0, 0.05) is 19.0 Å². The Kier molecular flexibility index (Phi) is 4.40. The van der Waals surface area contributed by atoms with Gasteiger partial charge >= 0.3 is 0 Å². The number of likely N-dealkylation sites (tertiary alicyclic amines) is 1. The minimum absolute atomic E-state index is 0.139. The molecule has 0 aromatic rings. The zero-order chi connectivity index (χ0) is 12.3. The van der Waals surface area contributed by atoms with E-state index in [-0.39, 0.29) is 5.92 Å². The summed E-state index contributed by atoms with van der Waals surface area (Å²) < 4.78 is 0. The van der Waals surface area contributed by atoms with E-state index >= 15 is 0 Å². The second-order valence-electron chi connectivity index (χ2n) is 5.89. The average Bonchev–Trinajstić information content (AvgIpc) is 2.27. The molecule has 1 amide bonds. The van der Waals surface area contributed by atoms with E-state index in [2.05, 4.69) is 25.7 Å². The van der Waals surface area contributed by atoms with E-state index in [0.717, 1.165) is 13.1 Å². The van der Waals surface area contributed by atoms with E-state index < -0.39 is 0 Å². The molecule has 0 radical (unpaired) electrons. The van der Waals surface area contributed by atoms with E-state index in [1.165, 1.54) is 19.3 Å². The lowest BCUT2D eigenvalue weighted by Gasteiger charge is -2.45. The summed E-state index contributed by atoms with van der Waals surface area (Å²) in [5, 5.41) is 0. The van der Waals surface area contributed by atoms with Crippen LogP contribution in [0.15, 0.2) is 0 Å². The molecule has 1 heterocycles. The predicted octanol–water partition coefficient (Wildman–Crippen LogP) is 3.32. The zero-order valence-electron chi connectivity index (χ0n) is 11.5. The number of hydrogen-bond donors (Lipinski definition) is 0. The van der Waals surface area contributed by atoms with Crippen LogP contribution in [0.1, 0.15) is 53.9 Å². The van der Waals surface area contributed by atoms with Crippen LogP contribution in [-0.4, -0.2) is 23.9 Å². The molecule has 0 aromatic heterocycles. The highest BCUT2D eigenvalue weighted by Crippen LogP contribution is 2.40. The number of carbonyl (C=O) groups is 1. The van der Waals surface area contributed by atoms with Crippen molar-refractivity contribution in [3.05, 3.63) is 0 Å². The van der Waals surface area contributed by atoms with E-state index in [1.807, 2.05) is 13.8 Å². The van der Waals surface area contributed by atoms with Crippen LogP contribution in [0, 0.1) is 17.3 Å². The van der Waals surface area contributed by atoms with Crippen molar-refractivity contribution in [3.8, 4) is 0 Å². The summed E-state index contributed by atoms with van der Waals surface area (Å²) in [5.74, 6) is 1.14. The van der Waals surface area contributed by atoms with Crippen molar-refractivity contribution >= 4 is 5.91 Å². The highest BCUT2D eigenvalue weighted by Gasteiger charge is 2.38. The van der Waals surface area contributed by atoms with Crippen LogP contribution in [0.2, 0.25) is 0 Å². The molecule has 1 aliphatic rings. The quantitative estimate of drug-likeness (QED) is 0.721. The smallest absolute Gasteiger partial charge is 0.225 e. The third-order valence-corrected chi connectivity index (χ3v) is 4.34. The minimum Gasteiger partial charge on any atom is -0.342 e. The Morgan fingerprint density at radius 1 is 1.31 bits per heavy atom. The maximum Gasteiger partial charge on any atom is 0.225 e. The molecule has 1 rings (SSSR count). The lowest BCUT2D eigenvalue weighted by atomic mass is 9.69. The molecule has 1 aliphatic heterocycles. The number of rotatable bonds is 3. The second-order valence-corrected chi connectivity index (χ2v) is 5.89. The molecule has 94 valence electrons. The number of piperidine rings is 1. The summed E-state index contributed by atoms with van der Waals surface area (Å²) in [6.07, 6.45) is 3.64. The monoisotopic (exact) mass is 225 g/mol. The summed E-state index contributed by atoms with van der Waals surface area (Å²) in [7, 11) is 0. The van der Waals surface area contributed by atoms with Crippen LogP contribution in [-0.2, 0) is 4.79 Å². The lowest BCUT2D eigenvalue weighted by molar-refractivity contribution is -0.139. The molecule has 0 spiro atoms. The van der Waals surface area contributed by atoms with Crippen LogP contribution >= 0.6 is 0 Å². The van der Waals surface area contributed by atoms with E-state index in [1.54, 1.807) is 0 Å². The molecule has 16 heavy (non-hydrogen) atoms. The number of nitrogens with zero attached hydrogens (tertiary/aromatic N) is 1. The fourth-order valence-corrected chi connectivity index (χ4v) is 2.88. The van der Waals surface area contributed by atoms with Gasteiger partial charge in [-0.3, -0.25) is 4.79 Å². The van der Waals surface area contributed by atoms with E-state index in [0.29, 0.717) is 17.2 Å². The van der Waals surface area contributed by atoms with Crippen LogP contribution in [0.25, 0.3) is 0 Å². The molecular formula is C14H27NO. The van der Waals surface area contributed by atoms with E-state index in [4.69, 9.17) is 0 Å². The average molecular weight is 225 g/mol. The van der Waals surface area contributed by atoms with Crippen molar-refractivity contribution in [2.75, 3.05) is 13.1 Å². The Bertz CT molecular complexity index is 247. The van der Waals surface area contributed by atoms with Crippen LogP contribution in [0.3, 0.4) is 0 Å². The first-order valence-corrected chi connectivity index (χ1v) is 6.71. The molecule has 0 aromatic carbocycles. The fraction of sp³-hybridized carbons (Fsp3) is 0.929. The normalized spacial score (nSPS) is 26.6. The van der Waals surface area contributed by atoms with Crippen LogP contribution in [0.4, 0.5) is 0 Å². The van der Waals surface area contributed by atoms with Crippen molar-refractivity contribution in [2.24, 2.45) is 17.3 Å². The van der Waals surface area contributed by atoms with E-state index in [9.17, 15) is 4.79 Å². The SMILES string of the molecule is CC[C@]1(C(C)C)CCCN(C(=O)C(C)C)C1. The molecule has 0 unspecified atom stereocenters. The third kappa shape index (κ3) is 2.58. The Hall–Kier alpha value is -0.530. The van der Waals surface area contributed by atoms with Gasteiger partial charge < -0.3 is 4.90 Å². The van der Waals surface area contributed by atoms with Gasteiger partial charge in [0.2, 0.25) is 5.91 Å². The van der Waals surface area contributed by atoms with Gasteiger partial charge in [0.1, 0.15) is 0 Å². The Morgan fingerprint density at radius 2 is 1.94 bits per heavy atom. The van der Waals surface area contributed by atoms with Gasteiger partial charge in [-0.05, 0) is 30.6 Å². The van der Waals surface area contributed by atoms with Gasteiger partial charge in [-0.15, -0.1) is 0 Å². The molecular weight excluding hydrogens is 198 g/mol. The maximum absolute atomic E-state index is 12.1. The lowest BCUT2D eigenvalue weighted by Crippen LogP contribution is -2.49. The maximum atomic E-state index is 12.1. The second kappa shape index (κ2) is 5.20. The number of amides is 1. The number of carbonyl (C=O) groups excluding carboxylic acids is 1. The van der Waals surface area contributed by atoms with Crippen LogP contribution in [0.5, 0.6) is 0 Å². The highest BCUT2D eigenvalue weighted by molar-refractivity contribution is 5.78. The van der Waals surface area contributed by atoms with Gasteiger partial charge in [0.15, 0.2) is 0 Å². The molecule has 1 fully saturated rings. The molecule has 2 heteroatoms.